The second kappa shape index (κ2) is 4.72. The average Bonchev–Trinajstić information content (AvgIpc) is 3.05. The van der Waals surface area contributed by atoms with Crippen LogP contribution in [0.25, 0.3) is 10.9 Å². The van der Waals surface area contributed by atoms with Crippen LogP contribution in [0.3, 0.4) is 0 Å². The Bertz CT molecular complexity index is 685. The largest absolute Gasteiger partial charge is 0.408 e. The third kappa shape index (κ3) is 2.29. The lowest BCUT2D eigenvalue weighted by atomic mass is 10.1. The van der Waals surface area contributed by atoms with Crippen LogP contribution >= 0.6 is 0 Å². The highest BCUT2D eigenvalue weighted by atomic mass is 16.4. The van der Waals surface area contributed by atoms with Gasteiger partial charge < -0.3 is 9.73 Å². The molecule has 0 atom stereocenters. The molecule has 2 heterocycles. The molecule has 2 N–H and O–H groups in total. The Kier molecular flexibility index (Phi) is 2.91. The number of rotatable bonds is 4. The molecule has 6 nitrogen and oxygen atoms in total. The van der Waals surface area contributed by atoms with Gasteiger partial charge in [0.05, 0.1) is 11.7 Å². The van der Waals surface area contributed by atoms with E-state index in [1.54, 1.807) is 0 Å². The maximum absolute atomic E-state index is 5.50. The third-order valence-corrected chi connectivity index (χ3v) is 2.93. The predicted molar refractivity (Wildman–Crippen MR) is 71.8 cm³/mol. The monoisotopic (exact) mass is 257 g/mol. The van der Waals surface area contributed by atoms with Crippen LogP contribution in [0, 0.1) is 0 Å². The molecule has 2 aromatic heterocycles. The van der Waals surface area contributed by atoms with Crippen LogP contribution in [0.1, 0.15) is 31.2 Å². The summed E-state index contributed by atoms with van der Waals surface area (Å²) in [6.07, 6.45) is 1.81. The van der Waals surface area contributed by atoms with Gasteiger partial charge in [-0.1, -0.05) is 37.1 Å². The van der Waals surface area contributed by atoms with E-state index in [9.17, 15) is 0 Å². The summed E-state index contributed by atoms with van der Waals surface area (Å²) in [5, 5.41) is 19.2. The van der Waals surface area contributed by atoms with Crippen molar-refractivity contribution in [2.45, 2.75) is 26.3 Å². The van der Waals surface area contributed by atoms with Crippen molar-refractivity contribution in [1.82, 2.24) is 20.4 Å². The van der Waals surface area contributed by atoms with Gasteiger partial charge in [-0.2, -0.15) is 5.10 Å². The fourth-order valence-corrected chi connectivity index (χ4v) is 1.89. The molecular formula is C13H15N5O. The molecule has 0 radical (unpaired) electrons. The number of aromatic nitrogens is 4. The molecule has 1 aromatic carbocycles. The number of nitrogens with zero attached hydrogens (tertiary/aromatic N) is 3. The maximum atomic E-state index is 5.50. The molecular weight excluding hydrogens is 242 g/mol. The van der Waals surface area contributed by atoms with Gasteiger partial charge in [0.15, 0.2) is 0 Å². The van der Waals surface area contributed by atoms with E-state index in [1.165, 1.54) is 0 Å². The van der Waals surface area contributed by atoms with E-state index in [2.05, 4.69) is 25.7 Å². The van der Waals surface area contributed by atoms with Gasteiger partial charge >= 0.3 is 6.01 Å². The van der Waals surface area contributed by atoms with Crippen LogP contribution in [-0.4, -0.2) is 20.4 Å². The van der Waals surface area contributed by atoms with Crippen LogP contribution in [-0.2, 0) is 6.54 Å². The smallest absolute Gasteiger partial charge is 0.315 e. The van der Waals surface area contributed by atoms with E-state index in [-0.39, 0.29) is 5.92 Å². The van der Waals surface area contributed by atoms with Gasteiger partial charge in [0.25, 0.3) is 0 Å². The van der Waals surface area contributed by atoms with Crippen LogP contribution in [0.15, 0.2) is 28.8 Å². The van der Waals surface area contributed by atoms with Crippen molar-refractivity contribution in [3.8, 4) is 0 Å². The van der Waals surface area contributed by atoms with Crippen molar-refractivity contribution in [2.24, 2.45) is 0 Å². The van der Waals surface area contributed by atoms with Gasteiger partial charge in [-0.3, -0.25) is 5.10 Å². The lowest BCUT2D eigenvalue weighted by Crippen LogP contribution is -2.00. The summed E-state index contributed by atoms with van der Waals surface area (Å²) in [7, 11) is 0. The first-order valence-electron chi connectivity index (χ1n) is 6.22. The number of nitrogens with one attached hydrogen (secondary N) is 2. The maximum Gasteiger partial charge on any atom is 0.315 e. The molecule has 0 saturated carbocycles. The molecule has 6 heteroatoms. The Morgan fingerprint density at radius 3 is 3.00 bits per heavy atom. The van der Waals surface area contributed by atoms with E-state index in [0.29, 0.717) is 18.5 Å². The summed E-state index contributed by atoms with van der Waals surface area (Å²) >= 11 is 0. The number of benzene rings is 1. The Balaban J connectivity index is 1.76. The number of aromatic amines is 1. The second-order valence-electron chi connectivity index (χ2n) is 4.71. The highest BCUT2D eigenvalue weighted by Gasteiger charge is 2.09. The van der Waals surface area contributed by atoms with Crippen molar-refractivity contribution < 1.29 is 4.42 Å². The molecule has 0 aliphatic heterocycles. The van der Waals surface area contributed by atoms with Crippen molar-refractivity contribution in [1.29, 1.82) is 0 Å². The minimum absolute atomic E-state index is 0.235. The van der Waals surface area contributed by atoms with Gasteiger partial charge in [-0.25, -0.2) is 0 Å². The lowest BCUT2D eigenvalue weighted by molar-refractivity contribution is 0.480. The number of hydrogen-bond donors (Lipinski definition) is 2. The van der Waals surface area contributed by atoms with Crippen molar-refractivity contribution >= 4 is 16.9 Å². The average molecular weight is 257 g/mol. The van der Waals surface area contributed by atoms with Gasteiger partial charge in [0.2, 0.25) is 5.89 Å². The van der Waals surface area contributed by atoms with Crippen molar-refractivity contribution in [2.75, 3.05) is 5.32 Å². The van der Waals surface area contributed by atoms with Crippen LogP contribution < -0.4 is 5.32 Å². The number of anilines is 1. The summed E-state index contributed by atoms with van der Waals surface area (Å²) in [6, 6.07) is 6.50. The molecule has 3 aromatic rings. The molecule has 0 unspecified atom stereocenters. The number of hydrogen-bond acceptors (Lipinski definition) is 5. The zero-order valence-corrected chi connectivity index (χ0v) is 10.8. The van der Waals surface area contributed by atoms with Gasteiger partial charge in [0, 0.05) is 17.8 Å². The Hall–Kier alpha value is -2.37. The number of H-pyrrole nitrogens is 1. The molecule has 0 fully saturated rings. The summed E-state index contributed by atoms with van der Waals surface area (Å²) in [4.78, 5) is 0. The first kappa shape index (κ1) is 11.7. The molecule has 0 aliphatic rings. The summed E-state index contributed by atoms with van der Waals surface area (Å²) < 4.78 is 5.50. The quantitative estimate of drug-likeness (QED) is 0.751. The van der Waals surface area contributed by atoms with Crippen molar-refractivity contribution in [3.63, 3.8) is 0 Å². The fraction of sp³-hybridized carbons (Fsp3) is 0.308. The molecule has 0 saturated heterocycles. The van der Waals surface area contributed by atoms with Gasteiger partial charge in [0.1, 0.15) is 0 Å². The predicted octanol–water partition coefficient (Wildman–Crippen LogP) is 2.68. The third-order valence-electron chi connectivity index (χ3n) is 2.93. The van der Waals surface area contributed by atoms with Crippen LogP contribution in [0.4, 0.5) is 6.01 Å². The van der Waals surface area contributed by atoms with E-state index in [0.717, 1.165) is 16.5 Å². The molecule has 0 spiro atoms. The van der Waals surface area contributed by atoms with E-state index < -0.39 is 0 Å². The molecule has 19 heavy (non-hydrogen) atoms. The Morgan fingerprint density at radius 1 is 1.32 bits per heavy atom. The zero-order valence-electron chi connectivity index (χ0n) is 10.8. The Morgan fingerprint density at radius 2 is 2.21 bits per heavy atom. The molecule has 0 amide bonds. The van der Waals surface area contributed by atoms with Crippen LogP contribution in [0.2, 0.25) is 0 Å². The van der Waals surface area contributed by atoms with E-state index in [1.807, 2.05) is 38.2 Å². The first-order chi connectivity index (χ1) is 9.24. The number of para-hydroxylation sites is 1. The lowest BCUT2D eigenvalue weighted by Gasteiger charge is -2.03. The van der Waals surface area contributed by atoms with Gasteiger partial charge in [-0.05, 0) is 5.56 Å². The zero-order chi connectivity index (χ0) is 13.2. The summed E-state index contributed by atoms with van der Waals surface area (Å²) in [5.74, 6) is 0.876. The van der Waals surface area contributed by atoms with Crippen LogP contribution in [0.5, 0.6) is 0 Å². The first-order valence-corrected chi connectivity index (χ1v) is 6.22. The minimum atomic E-state index is 0.235. The fourth-order valence-electron chi connectivity index (χ4n) is 1.89. The highest BCUT2D eigenvalue weighted by Crippen LogP contribution is 2.18. The summed E-state index contributed by atoms with van der Waals surface area (Å²) in [6.45, 7) is 4.64. The van der Waals surface area contributed by atoms with E-state index >= 15 is 0 Å². The van der Waals surface area contributed by atoms with Gasteiger partial charge in [-0.15, -0.1) is 5.10 Å². The number of fused-ring (bicyclic) bond motifs is 1. The second-order valence-corrected chi connectivity index (χ2v) is 4.71. The molecule has 3 rings (SSSR count). The standard InChI is InChI=1S/C13H15N5O/c1-8(2)12-17-18-13(19-12)14-6-9-4-3-5-10-7-15-16-11(9)10/h3-5,7-8H,6H2,1-2H3,(H,14,18)(H,15,16). The Labute approximate surface area is 110 Å². The highest BCUT2D eigenvalue weighted by molar-refractivity contribution is 5.81. The topological polar surface area (TPSA) is 79.6 Å². The SMILES string of the molecule is CC(C)c1nnc(NCc2cccc3cn[nH]c23)o1. The molecule has 0 aliphatic carbocycles. The van der Waals surface area contributed by atoms with Crippen molar-refractivity contribution in [3.05, 3.63) is 35.9 Å². The normalized spacial score (nSPS) is 11.3. The summed E-state index contributed by atoms with van der Waals surface area (Å²) in [5.41, 5.74) is 2.14. The molecule has 0 bridgehead atoms. The molecule has 98 valence electrons. The van der Waals surface area contributed by atoms with E-state index in [4.69, 9.17) is 4.42 Å². The minimum Gasteiger partial charge on any atom is -0.408 e.